The van der Waals surface area contributed by atoms with Crippen molar-refractivity contribution in [2.75, 3.05) is 18.4 Å². The zero-order chi connectivity index (χ0) is 16.1. The first-order valence-corrected chi connectivity index (χ1v) is 7.85. The second-order valence-corrected chi connectivity index (χ2v) is 5.68. The van der Waals surface area contributed by atoms with Gasteiger partial charge in [-0.1, -0.05) is 23.7 Å². The number of nitrogens with zero attached hydrogens (tertiary/aromatic N) is 3. The smallest absolute Gasteiger partial charge is 0.323 e. The van der Waals surface area contributed by atoms with Crippen LogP contribution in [0.2, 0.25) is 5.02 Å². The fraction of sp³-hybridized carbons (Fsp3) is 0.312. The Bertz CT molecular complexity index is 660. The van der Waals surface area contributed by atoms with Crippen LogP contribution in [0.4, 0.5) is 10.6 Å². The number of likely N-dealkylation sites (tertiary alicyclic amines) is 1. The van der Waals surface area contributed by atoms with Gasteiger partial charge in [-0.25, -0.2) is 4.79 Å². The van der Waals surface area contributed by atoms with E-state index in [1.165, 1.54) is 0 Å². The Morgan fingerprint density at radius 2 is 2.00 bits per heavy atom. The maximum absolute atomic E-state index is 12.2. The number of ether oxygens (including phenoxy) is 1. The number of benzene rings is 1. The molecule has 0 aliphatic carbocycles. The summed E-state index contributed by atoms with van der Waals surface area (Å²) < 4.78 is 5.92. The first-order valence-electron chi connectivity index (χ1n) is 7.47. The van der Waals surface area contributed by atoms with Crippen LogP contribution >= 0.6 is 11.6 Å². The number of carbonyl (C=O) groups is 1. The topological polar surface area (TPSA) is 67.4 Å². The fourth-order valence-electron chi connectivity index (χ4n) is 2.45. The van der Waals surface area contributed by atoms with E-state index in [-0.39, 0.29) is 12.1 Å². The summed E-state index contributed by atoms with van der Waals surface area (Å²) in [6.45, 7) is 1.25. The quantitative estimate of drug-likeness (QED) is 0.937. The second kappa shape index (κ2) is 7.28. The van der Waals surface area contributed by atoms with Crippen molar-refractivity contribution >= 4 is 23.4 Å². The van der Waals surface area contributed by atoms with Gasteiger partial charge in [0.1, 0.15) is 11.9 Å². The summed E-state index contributed by atoms with van der Waals surface area (Å²) in [6, 6.07) is 10.7. The molecule has 0 bridgehead atoms. The summed E-state index contributed by atoms with van der Waals surface area (Å²) in [5.74, 6) is 1.14. The van der Waals surface area contributed by atoms with Crippen LogP contribution in [0.15, 0.2) is 42.6 Å². The van der Waals surface area contributed by atoms with E-state index in [9.17, 15) is 4.79 Å². The highest BCUT2D eigenvalue weighted by Gasteiger charge is 2.24. The van der Waals surface area contributed by atoms with E-state index in [4.69, 9.17) is 16.3 Å². The van der Waals surface area contributed by atoms with Gasteiger partial charge in [0.25, 0.3) is 0 Å². The number of piperidine rings is 1. The van der Waals surface area contributed by atoms with Crippen LogP contribution in [0.25, 0.3) is 0 Å². The number of rotatable bonds is 3. The van der Waals surface area contributed by atoms with Gasteiger partial charge < -0.3 is 9.64 Å². The van der Waals surface area contributed by atoms with Crippen molar-refractivity contribution in [2.45, 2.75) is 18.9 Å². The third-order valence-corrected chi connectivity index (χ3v) is 3.98. The van der Waals surface area contributed by atoms with Gasteiger partial charge in [-0.05, 0) is 24.3 Å². The van der Waals surface area contributed by atoms with Crippen molar-refractivity contribution in [2.24, 2.45) is 0 Å². The molecule has 1 saturated heterocycles. The van der Waals surface area contributed by atoms with Gasteiger partial charge in [-0.2, -0.15) is 5.10 Å². The zero-order valence-corrected chi connectivity index (χ0v) is 13.2. The number of amides is 2. The lowest BCUT2D eigenvalue weighted by molar-refractivity contribution is 0.115. The molecule has 1 fully saturated rings. The van der Waals surface area contributed by atoms with Gasteiger partial charge in [0, 0.05) is 32.1 Å². The number of hydrogen-bond acceptors (Lipinski definition) is 4. The van der Waals surface area contributed by atoms with Crippen LogP contribution < -0.4 is 10.1 Å². The number of halogens is 1. The number of carbonyl (C=O) groups excluding carboxylic acids is 1. The molecule has 2 amide bonds. The summed E-state index contributed by atoms with van der Waals surface area (Å²) >= 11 is 6.10. The van der Waals surface area contributed by atoms with E-state index in [1.807, 2.05) is 18.2 Å². The Balaban J connectivity index is 1.50. The molecule has 1 aliphatic heterocycles. The average Bonchev–Trinajstić information content (AvgIpc) is 2.58. The van der Waals surface area contributed by atoms with Crippen molar-refractivity contribution in [3.63, 3.8) is 0 Å². The summed E-state index contributed by atoms with van der Waals surface area (Å²) in [7, 11) is 0. The van der Waals surface area contributed by atoms with Crippen LogP contribution in [0.1, 0.15) is 12.8 Å². The van der Waals surface area contributed by atoms with E-state index in [0.717, 1.165) is 12.8 Å². The Morgan fingerprint density at radius 1 is 1.22 bits per heavy atom. The van der Waals surface area contributed by atoms with Gasteiger partial charge in [-0.3, -0.25) is 5.32 Å². The Labute approximate surface area is 139 Å². The third kappa shape index (κ3) is 4.10. The predicted octanol–water partition coefficient (Wildman–Crippen LogP) is 3.21. The molecule has 2 heterocycles. The van der Waals surface area contributed by atoms with E-state index in [1.54, 1.807) is 29.3 Å². The molecule has 7 heteroatoms. The molecule has 6 nitrogen and oxygen atoms in total. The minimum absolute atomic E-state index is 0.0652. The van der Waals surface area contributed by atoms with Crippen molar-refractivity contribution < 1.29 is 9.53 Å². The normalized spacial score (nSPS) is 15.3. The van der Waals surface area contributed by atoms with Crippen LogP contribution in [0.5, 0.6) is 5.75 Å². The molecule has 0 saturated carbocycles. The molecule has 3 rings (SSSR count). The first-order chi connectivity index (χ1) is 11.2. The predicted molar refractivity (Wildman–Crippen MR) is 87.7 cm³/mol. The Hall–Kier alpha value is -2.34. The summed E-state index contributed by atoms with van der Waals surface area (Å²) in [6.07, 6.45) is 3.15. The Kier molecular flexibility index (Phi) is 4.92. The monoisotopic (exact) mass is 332 g/mol. The summed E-state index contributed by atoms with van der Waals surface area (Å²) in [5, 5.41) is 10.9. The highest BCUT2D eigenvalue weighted by atomic mass is 35.5. The highest BCUT2D eigenvalue weighted by molar-refractivity contribution is 6.32. The molecule has 1 aromatic heterocycles. The SMILES string of the molecule is O=C(Nc1cccnn1)N1CCC(Oc2ccccc2Cl)CC1. The number of aromatic nitrogens is 2. The molecule has 0 unspecified atom stereocenters. The van der Waals surface area contributed by atoms with Gasteiger partial charge in [0.15, 0.2) is 5.82 Å². The van der Waals surface area contributed by atoms with E-state index in [2.05, 4.69) is 15.5 Å². The minimum atomic E-state index is -0.165. The van der Waals surface area contributed by atoms with Crippen LogP contribution in [0, 0.1) is 0 Å². The fourth-order valence-corrected chi connectivity index (χ4v) is 2.63. The number of hydrogen-bond donors (Lipinski definition) is 1. The molecule has 1 aliphatic rings. The molecule has 120 valence electrons. The molecule has 0 radical (unpaired) electrons. The molecule has 1 N–H and O–H groups in total. The van der Waals surface area contributed by atoms with Crippen molar-refractivity contribution in [3.8, 4) is 5.75 Å². The van der Waals surface area contributed by atoms with E-state index >= 15 is 0 Å². The van der Waals surface area contributed by atoms with Gasteiger partial charge in [0.2, 0.25) is 0 Å². The maximum atomic E-state index is 12.2. The number of urea groups is 1. The third-order valence-electron chi connectivity index (χ3n) is 3.67. The van der Waals surface area contributed by atoms with E-state index < -0.39 is 0 Å². The minimum Gasteiger partial charge on any atom is -0.489 e. The Morgan fingerprint density at radius 3 is 2.70 bits per heavy atom. The van der Waals surface area contributed by atoms with Crippen LogP contribution in [0.3, 0.4) is 0 Å². The maximum Gasteiger partial charge on any atom is 0.323 e. The van der Waals surface area contributed by atoms with E-state index in [0.29, 0.717) is 29.7 Å². The lowest BCUT2D eigenvalue weighted by Crippen LogP contribution is -2.43. The highest BCUT2D eigenvalue weighted by Crippen LogP contribution is 2.26. The summed E-state index contributed by atoms with van der Waals surface area (Å²) in [5.41, 5.74) is 0. The largest absolute Gasteiger partial charge is 0.489 e. The number of anilines is 1. The number of nitrogens with one attached hydrogen (secondary N) is 1. The van der Waals surface area contributed by atoms with Gasteiger partial charge in [0.05, 0.1) is 5.02 Å². The molecule has 0 spiro atoms. The molecule has 0 atom stereocenters. The average molecular weight is 333 g/mol. The zero-order valence-electron chi connectivity index (χ0n) is 12.5. The molecular formula is C16H17ClN4O2. The number of para-hydroxylation sites is 1. The van der Waals surface area contributed by atoms with Gasteiger partial charge >= 0.3 is 6.03 Å². The lowest BCUT2D eigenvalue weighted by atomic mass is 10.1. The first kappa shape index (κ1) is 15.6. The lowest BCUT2D eigenvalue weighted by Gasteiger charge is -2.32. The van der Waals surface area contributed by atoms with Crippen LogP contribution in [-0.4, -0.2) is 40.3 Å². The van der Waals surface area contributed by atoms with Crippen molar-refractivity contribution in [1.82, 2.24) is 15.1 Å². The summed E-state index contributed by atoms with van der Waals surface area (Å²) in [4.78, 5) is 13.9. The molecule has 2 aromatic rings. The van der Waals surface area contributed by atoms with Crippen LogP contribution in [-0.2, 0) is 0 Å². The van der Waals surface area contributed by atoms with Crippen molar-refractivity contribution in [3.05, 3.63) is 47.6 Å². The standard InChI is InChI=1S/C16H17ClN4O2/c17-13-4-1-2-5-14(13)23-12-7-10-21(11-8-12)16(22)19-15-6-3-9-18-20-15/h1-6,9,12H,7-8,10-11H2,(H,19,20,22). The van der Waals surface area contributed by atoms with Crippen molar-refractivity contribution in [1.29, 1.82) is 0 Å². The van der Waals surface area contributed by atoms with Gasteiger partial charge in [-0.15, -0.1) is 5.10 Å². The second-order valence-electron chi connectivity index (χ2n) is 5.27. The molecular weight excluding hydrogens is 316 g/mol. The molecule has 1 aromatic carbocycles. The molecule has 23 heavy (non-hydrogen) atoms.